The van der Waals surface area contributed by atoms with Gasteiger partial charge in [-0.2, -0.15) is 0 Å². The van der Waals surface area contributed by atoms with Gasteiger partial charge >= 0.3 is 0 Å². The van der Waals surface area contributed by atoms with E-state index in [0.717, 1.165) is 23.2 Å². The Balaban J connectivity index is 0.00000196. The van der Waals surface area contributed by atoms with Crippen molar-refractivity contribution < 1.29 is 20.1 Å². The molecule has 0 spiro atoms. The monoisotopic (exact) mass is 519 g/mol. The van der Waals surface area contributed by atoms with Crippen LogP contribution in [0.3, 0.4) is 0 Å². The molecule has 1 heterocycles. The molecule has 1 aliphatic rings. The van der Waals surface area contributed by atoms with Crippen molar-refractivity contribution in [3.05, 3.63) is 65.2 Å². The molecule has 135 valence electrons. The predicted octanol–water partition coefficient (Wildman–Crippen LogP) is 6.70. The standard InChI is InChI=1S/C24H24N.Ir/c1-2-3-4-5-6-9-18-10-7-12-20(16-18)23-17-21-15-14-19-11-8-13-22(25-23)24(19)21;/h7-8,10-11,13-17H,2-6,9H2,1H3;/q-1;. The van der Waals surface area contributed by atoms with E-state index in [1.165, 1.54) is 54.2 Å². The van der Waals surface area contributed by atoms with E-state index in [2.05, 4.69) is 61.5 Å². The molecule has 2 aromatic carbocycles. The van der Waals surface area contributed by atoms with Gasteiger partial charge in [0.2, 0.25) is 0 Å². The van der Waals surface area contributed by atoms with Crippen LogP contribution in [0, 0.1) is 6.07 Å². The van der Waals surface area contributed by atoms with E-state index in [1.807, 2.05) is 6.07 Å². The fourth-order valence-electron chi connectivity index (χ4n) is 3.68. The van der Waals surface area contributed by atoms with E-state index in [0.29, 0.717) is 0 Å². The van der Waals surface area contributed by atoms with Crippen molar-refractivity contribution >= 4 is 23.1 Å². The zero-order chi connectivity index (χ0) is 17.1. The molecule has 0 saturated carbocycles. The number of pyridine rings is 1. The van der Waals surface area contributed by atoms with Gasteiger partial charge in [0.15, 0.2) is 0 Å². The number of aromatic nitrogens is 1. The average Bonchev–Trinajstić information content (AvgIpc) is 3.07. The van der Waals surface area contributed by atoms with Crippen LogP contribution < -0.4 is 0 Å². The number of hydrogen-bond acceptors (Lipinski definition) is 1. The van der Waals surface area contributed by atoms with Crippen LogP contribution in [0.1, 0.15) is 55.7 Å². The van der Waals surface area contributed by atoms with Gasteiger partial charge in [-0.15, -0.1) is 35.4 Å². The van der Waals surface area contributed by atoms with Crippen molar-refractivity contribution in [2.75, 3.05) is 0 Å². The summed E-state index contributed by atoms with van der Waals surface area (Å²) >= 11 is 0. The van der Waals surface area contributed by atoms with Gasteiger partial charge < -0.3 is 0 Å². The maximum absolute atomic E-state index is 4.90. The van der Waals surface area contributed by atoms with Gasteiger partial charge in [-0.3, -0.25) is 4.98 Å². The van der Waals surface area contributed by atoms with Crippen LogP contribution in [0.25, 0.3) is 34.3 Å². The van der Waals surface area contributed by atoms with E-state index in [9.17, 15) is 0 Å². The molecular formula is C24H24IrN-. The van der Waals surface area contributed by atoms with E-state index < -0.39 is 0 Å². The van der Waals surface area contributed by atoms with Gasteiger partial charge in [0.05, 0.1) is 5.52 Å². The number of hydrogen-bond donors (Lipinski definition) is 0. The summed E-state index contributed by atoms with van der Waals surface area (Å²) in [5.74, 6) is 0. The third-order valence-electron chi connectivity index (χ3n) is 5.05. The largest absolute Gasteiger partial charge is 0.296 e. The first-order valence-corrected chi connectivity index (χ1v) is 9.48. The van der Waals surface area contributed by atoms with Crippen LogP contribution >= 0.6 is 0 Å². The second-order valence-corrected chi connectivity index (χ2v) is 6.95. The fourth-order valence-corrected chi connectivity index (χ4v) is 3.68. The van der Waals surface area contributed by atoms with Crippen LogP contribution in [-0.2, 0) is 26.5 Å². The summed E-state index contributed by atoms with van der Waals surface area (Å²) in [5, 5.41) is 1.28. The minimum atomic E-state index is 0. The van der Waals surface area contributed by atoms with E-state index >= 15 is 0 Å². The van der Waals surface area contributed by atoms with Crippen LogP contribution in [0.5, 0.6) is 0 Å². The minimum Gasteiger partial charge on any atom is -0.296 e. The van der Waals surface area contributed by atoms with Gasteiger partial charge in [-0.05, 0) is 29.3 Å². The molecule has 0 bridgehead atoms. The van der Waals surface area contributed by atoms with Crippen LogP contribution in [-0.4, -0.2) is 4.98 Å². The van der Waals surface area contributed by atoms with Crippen LogP contribution in [0.2, 0.25) is 0 Å². The van der Waals surface area contributed by atoms with Gasteiger partial charge in [-0.1, -0.05) is 69.4 Å². The summed E-state index contributed by atoms with van der Waals surface area (Å²) < 4.78 is 0. The second kappa shape index (κ2) is 8.75. The number of rotatable bonds is 7. The van der Waals surface area contributed by atoms with Crippen molar-refractivity contribution in [2.24, 2.45) is 0 Å². The number of nitrogens with zero attached hydrogens (tertiary/aromatic N) is 1. The summed E-state index contributed by atoms with van der Waals surface area (Å²) in [7, 11) is 0. The molecule has 0 fully saturated rings. The fraction of sp³-hybridized carbons (Fsp3) is 0.292. The summed E-state index contributed by atoms with van der Waals surface area (Å²) in [6.45, 7) is 2.26. The maximum atomic E-state index is 4.90. The molecule has 3 aromatic rings. The molecule has 0 saturated heterocycles. The van der Waals surface area contributed by atoms with Gasteiger partial charge in [-0.25, -0.2) is 0 Å². The Labute approximate surface area is 169 Å². The molecule has 2 heteroatoms. The number of benzene rings is 2. The second-order valence-electron chi connectivity index (χ2n) is 6.95. The molecule has 0 unspecified atom stereocenters. The van der Waals surface area contributed by atoms with Crippen LogP contribution in [0.4, 0.5) is 0 Å². The summed E-state index contributed by atoms with van der Waals surface area (Å²) in [6, 6.07) is 18.4. The molecular weight excluding hydrogens is 494 g/mol. The molecule has 1 radical (unpaired) electrons. The smallest absolute Gasteiger partial charge is 0.0607 e. The Morgan fingerprint density at radius 3 is 2.65 bits per heavy atom. The zero-order valence-electron chi connectivity index (χ0n) is 15.2. The Bertz CT molecular complexity index is 927. The topological polar surface area (TPSA) is 12.9 Å². The normalized spacial score (nSPS) is 11.7. The summed E-state index contributed by atoms with van der Waals surface area (Å²) in [4.78, 5) is 4.90. The first-order valence-electron chi connectivity index (χ1n) is 9.48. The SMILES string of the molecule is CCCCCCCc1cc[c-]c(-c2cc3c4c(cccc4n2)C=C3)c1.[Ir]. The Morgan fingerprint density at radius 2 is 1.77 bits per heavy atom. The quantitative estimate of drug-likeness (QED) is 0.196. The van der Waals surface area contributed by atoms with E-state index in [1.54, 1.807) is 0 Å². The zero-order valence-corrected chi connectivity index (χ0v) is 17.6. The molecule has 0 N–H and O–H groups in total. The first-order chi connectivity index (χ1) is 12.3. The molecule has 26 heavy (non-hydrogen) atoms. The van der Waals surface area contributed by atoms with Gasteiger partial charge in [0.1, 0.15) is 0 Å². The molecule has 0 aliphatic heterocycles. The van der Waals surface area contributed by atoms with Crippen molar-refractivity contribution in [3.63, 3.8) is 0 Å². The van der Waals surface area contributed by atoms with E-state index in [4.69, 9.17) is 4.98 Å². The molecule has 0 amide bonds. The Morgan fingerprint density at radius 1 is 0.923 bits per heavy atom. The molecule has 1 aliphatic carbocycles. The third-order valence-corrected chi connectivity index (χ3v) is 5.05. The third kappa shape index (κ3) is 3.97. The molecule has 4 rings (SSSR count). The number of aryl methyl sites for hydroxylation is 1. The van der Waals surface area contributed by atoms with Crippen LogP contribution in [0.15, 0.2) is 42.5 Å². The molecule has 0 atom stereocenters. The van der Waals surface area contributed by atoms with Crippen molar-refractivity contribution in [3.8, 4) is 11.3 Å². The molecule has 1 aromatic heterocycles. The minimum absolute atomic E-state index is 0. The van der Waals surface area contributed by atoms with Gasteiger partial charge in [0.25, 0.3) is 0 Å². The average molecular weight is 519 g/mol. The first kappa shape index (κ1) is 19.0. The Kier molecular flexibility index (Phi) is 6.40. The summed E-state index contributed by atoms with van der Waals surface area (Å²) in [5.41, 5.74) is 7.15. The number of unbranched alkanes of at least 4 members (excludes halogenated alkanes) is 4. The predicted molar refractivity (Wildman–Crippen MR) is 107 cm³/mol. The van der Waals surface area contributed by atoms with Crippen molar-refractivity contribution in [1.82, 2.24) is 4.98 Å². The van der Waals surface area contributed by atoms with Gasteiger partial charge in [0, 0.05) is 25.5 Å². The Hall–Kier alpha value is -1.76. The summed E-state index contributed by atoms with van der Waals surface area (Å²) in [6.07, 6.45) is 12.1. The van der Waals surface area contributed by atoms with Crippen molar-refractivity contribution in [1.29, 1.82) is 0 Å². The molecule has 1 nitrogen and oxygen atoms in total. The maximum Gasteiger partial charge on any atom is 0.0607 e. The van der Waals surface area contributed by atoms with Crippen molar-refractivity contribution in [2.45, 2.75) is 45.4 Å². The van der Waals surface area contributed by atoms with E-state index in [-0.39, 0.29) is 20.1 Å².